The summed E-state index contributed by atoms with van der Waals surface area (Å²) in [5, 5.41) is 0. The first-order chi connectivity index (χ1) is 10.3. The normalized spacial score (nSPS) is 11.3. The fourth-order valence-corrected chi connectivity index (χ4v) is 2.48. The summed E-state index contributed by atoms with van der Waals surface area (Å²) in [6, 6.07) is 11.9. The standard InChI is InChI=1S/C16H13N3O2/c1-20-12-3-5-13-15(7-12)19(9-17-13)8-11-2-4-14-16(6-11)21-10-18-14/h2-7,9-10H,8H2,1H3. The highest BCUT2D eigenvalue weighted by atomic mass is 16.5. The Bertz CT molecular complexity index is 923. The lowest BCUT2D eigenvalue weighted by Crippen LogP contribution is -1.98. The van der Waals surface area contributed by atoms with E-state index in [-0.39, 0.29) is 0 Å². The molecule has 0 fully saturated rings. The van der Waals surface area contributed by atoms with Crippen LogP contribution in [0, 0.1) is 0 Å². The summed E-state index contributed by atoms with van der Waals surface area (Å²) in [7, 11) is 1.67. The summed E-state index contributed by atoms with van der Waals surface area (Å²) < 4.78 is 12.7. The molecule has 0 aliphatic rings. The molecule has 0 spiro atoms. The zero-order chi connectivity index (χ0) is 14.2. The zero-order valence-corrected chi connectivity index (χ0v) is 11.5. The minimum Gasteiger partial charge on any atom is -0.497 e. The molecule has 104 valence electrons. The van der Waals surface area contributed by atoms with Gasteiger partial charge in [0, 0.05) is 12.6 Å². The van der Waals surface area contributed by atoms with E-state index in [1.54, 1.807) is 7.11 Å². The molecule has 21 heavy (non-hydrogen) atoms. The van der Waals surface area contributed by atoms with E-state index >= 15 is 0 Å². The van der Waals surface area contributed by atoms with E-state index in [1.807, 2.05) is 36.7 Å². The van der Waals surface area contributed by atoms with Crippen molar-refractivity contribution in [2.45, 2.75) is 6.54 Å². The van der Waals surface area contributed by atoms with Crippen LogP contribution in [0.1, 0.15) is 5.56 Å². The maximum atomic E-state index is 5.35. The monoisotopic (exact) mass is 279 g/mol. The van der Waals surface area contributed by atoms with Crippen LogP contribution in [0.4, 0.5) is 0 Å². The van der Waals surface area contributed by atoms with Crippen molar-refractivity contribution in [3.8, 4) is 5.75 Å². The Morgan fingerprint density at radius 3 is 2.90 bits per heavy atom. The van der Waals surface area contributed by atoms with Crippen LogP contribution in [0.2, 0.25) is 0 Å². The van der Waals surface area contributed by atoms with Gasteiger partial charge in [0.25, 0.3) is 0 Å². The minimum atomic E-state index is 0.723. The Morgan fingerprint density at radius 2 is 2.00 bits per heavy atom. The summed E-state index contributed by atoms with van der Waals surface area (Å²) in [6.07, 6.45) is 3.31. The first-order valence-electron chi connectivity index (χ1n) is 6.64. The van der Waals surface area contributed by atoms with E-state index in [4.69, 9.17) is 9.15 Å². The molecule has 0 amide bonds. The lowest BCUT2D eigenvalue weighted by molar-refractivity contribution is 0.415. The number of hydrogen-bond donors (Lipinski definition) is 0. The Morgan fingerprint density at radius 1 is 1.10 bits per heavy atom. The van der Waals surface area contributed by atoms with Crippen LogP contribution in [0.5, 0.6) is 5.75 Å². The smallest absolute Gasteiger partial charge is 0.181 e. The zero-order valence-electron chi connectivity index (χ0n) is 11.5. The number of fused-ring (bicyclic) bond motifs is 2. The van der Waals surface area contributed by atoms with Crippen molar-refractivity contribution in [1.29, 1.82) is 0 Å². The Balaban J connectivity index is 1.75. The van der Waals surface area contributed by atoms with Crippen LogP contribution in [-0.4, -0.2) is 21.6 Å². The third-order valence-electron chi connectivity index (χ3n) is 3.58. The molecule has 2 heterocycles. The molecule has 4 aromatic rings. The summed E-state index contributed by atoms with van der Waals surface area (Å²) >= 11 is 0. The Hall–Kier alpha value is -2.82. The van der Waals surface area contributed by atoms with Crippen LogP contribution in [0.25, 0.3) is 22.1 Å². The minimum absolute atomic E-state index is 0.723. The van der Waals surface area contributed by atoms with Crippen molar-refractivity contribution >= 4 is 22.1 Å². The fraction of sp³-hybridized carbons (Fsp3) is 0.125. The van der Waals surface area contributed by atoms with Gasteiger partial charge in [-0.15, -0.1) is 0 Å². The van der Waals surface area contributed by atoms with Gasteiger partial charge in [-0.2, -0.15) is 0 Å². The van der Waals surface area contributed by atoms with Crippen molar-refractivity contribution in [2.24, 2.45) is 0 Å². The predicted molar refractivity (Wildman–Crippen MR) is 79.4 cm³/mol. The van der Waals surface area contributed by atoms with Crippen LogP contribution >= 0.6 is 0 Å². The molecule has 0 aliphatic carbocycles. The number of ether oxygens (including phenoxy) is 1. The van der Waals surface area contributed by atoms with Gasteiger partial charge in [-0.05, 0) is 29.8 Å². The highest BCUT2D eigenvalue weighted by Crippen LogP contribution is 2.21. The number of methoxy groups -OCH3 is 1. The highest BCUT2D eigenvalue weighted by molar-refractivity contribution is 5.77. The molecule has 0 N–H and O–H groups in total. The summed E-state index contributed by atoms with van der Waals surface area (Å²) in [4.78, 5) is 8.54. The number of benzene rings is 2. The average Bonchev–Trinajstić information content (AvgIpc) is 3.13. The number of rotatable bonds is 3. The number of oxazole rings is 1. The van der Waals surface area contributed by atoms with Gasteiger partial charge in [0.15, 0.2) is 12.0 Å². The SMILES string of the molecule is COc1ccc2ncn(Cc3ccc4ncoc4c3)c2c1. The second kappa shape index (κ2) is 4.63. The van der Waals surface area contributed by atoms with Crippen LogP contribution in [-0.2, 0) is 6.54 Å². The maximum absolute atomic E-state index is 5.35. The summed E-state index contributed by atoms with van der Waals surface area (Å²) in [5.74, 6) is 0.829. The number of imidazole rings is 1. The van der Waals surface area contributed by atoms with E-state index in [2.05, 4.69) is 20.6 Å². The molecular formula is C16H13N3O2. The van der Waals surface area contributed by atoms with E-state index in [1.165, 1.54) is 6.39 Å². The molecule has 5 heteroatoms. The molecule has 0 unspecified atom stereocenters. The summed E-state index contributed by atoms with van der Waals surface area (Å²) in [6.45, 7) is 0.723. The second-order valence-electron chi connectivity index (χ2n) is 4.88. The largest absolute Gasteiger partial charge is 0.497 e. The van der Waals surface area contributed by atoms with E-state index < -0.39 is 0 Å². The van der Waals surface area contributed by atoms with E-state index in [0.717, 1.165) is 40.0 Å². The number of hydrogen-bond acceptors (Lipinski definition) is 4. The van der Waals surface area contributed by atoms with Crippen molar-refractivity contribution < 1.29 is 9.15 Å². The summed E-state index contributed by atoms with van der Waals surface area (Å²) in [5.41, 5.74) is 4.82. The van der Waals surface area contributed by atoms with Gasteiger partial charge in [0.05, 0.1) is 24.5 Å². The number of aromatic nitrogens is 3. The second-order valence-corrected chi connectivity index (χ2v) is 4.88. The predicted octanol–water partition coefficient (Wildman–Crippen LogP) is 3.23. The third kappa shape index (κ3) is 2.03. The van der Waals surface area contributed by atoms with Gasteiger partial charge in [-0.1, -0.05) is 6.07 Å². The lowest BCUT2D eigenvalue weighted by Gasteiger charge is -2.05. The fourth-order valence-electron chi connectivity index (χ4n) is 2.48. The molecule has 0 radical (unpaired) electrons. The van der Waals surface area contributed by atoms with E-state index in [0.29, 0.717) is 0 Å². The molecule has 0 bridgehead atoms. The quantitative estimate of drug-likeness (QED) is 0.577. The molecule has 0 saturated heterocycles. The number of nitrogens with zero attached hydrogens (tertiary/aromatic N) is 3. The lowest BCUT2D eigenvalue weighted by atomic mass is 10.2. The van der Waals surface area contributed by atoms with Crippen molar-refractivity contribution in [3.63, 3.8) is 0 Å². The van der Waals surface area contributed by atoms with Gasteiger partial charge < -0.3 is 13.7 Å². The third-order valence-corrected chi connectivity index (χ3v) is 3.58. The maximum Gasteiger partial charge on any atom is 0.181 e. The average molecular weight is 279 g/mol. The topological polar surface area (TPSA) is 53.1 Å². The molecule has 2 aromatic heterocycles. The molecule has 5 nitrogen and oxygen atoms in total. The Labute approximate surface area is 120 Å². The van der Waals surface area contributed by atoms with E-state index in [9.17, 15) is 0 Å². The molecule has 2 aromatic carbocycles. The van der Waals surface area contributed by atoms with Gasteiger partial charge in [0.1, 0.15) is 11.3 Å². The van der Waals surface area contributed by atoms with Crippen molar-refractivity contribution in [2.75, 3.05) is 7.11 Å². The molecule has 0 atom stereocenters. The van der Waals surface area contributed by atoms with Gasteiger partial charge in [-0.25, -0.2) is 9.97 Å². The van der Waals surface area contributed by atoms with Gasteiger partial charge in [0.2, 0.25) is 0 Å². The highest BCUT2D eigenvalue weighted by Gasteiger charge is 2.06. The first-order valence-corrected chi connectivity index (χ1v) is 6.64. The first kappa shape index (κ1) is 12.0. The molecular weight excluding hydrogens is 266 g/mol. The van der Waals surface area contributed by atoms with Gasteiger partial charge in [-0.3, -0.25) is 0 Å². The van der Waals surface area contributed by atoms with Crippen LogP contribution in [0.3, 0.4) is 0 Å². The molecule has 4 rings (SSSR count). The Kier molecular flexibility index (Phi) is 2.64. The van der Waals surface area contributed by atoms with Crippen LogP contribution in [0.15, 0.2) is 53.5 Å². The van der Waals surface area contributed by atoms with Gasteiger partial charge >= 0.3 is 0 Å². The van der Waals surface area contributed by atoms with Crippen molar-refractivity contribution in [3.05, 3.63) is 54.7 Å². The molecule has 0 saturated carbocycles. The van der Waals surface area contributed by atoms with Crippen molar-refractivity contribution in [1.82, 2.24) is 14.5 Å². The van der Waals surface area contributed by atoms with Crippen LogP contribution < -0.4 is 4.74 Å². The molecule has 0 aliphatic heterocycles.